The molecule has 2 aromatic rings. The molecule has 25 heavy (non-hydrogen) atoms. The summed E-state index contributed by atoms with van der Waals surface area (Å²) in [5, 5.41) is 0.246. The average Bonchev–Trinajstić information content (AvgIpc) is 2.61. The minimum absolute atomic E-state index is 0.000383. The molecule has 6 nitrogen and oxygen atoms in total. The van der Waals surface area contributed by atoms with Gasteiger partial charge in [0.25, 0.3) is 11.8 Å². The Labute approximate surface area is 149 Å². The van der Waals surface area contributed by atoms with E-state index in [1.54, 1.807) is 17.2 Å². The van der Waals surface area contributed by atoms with Crippen molar-refractivity contribution in [3.63, 3.8) is 0 Å². The van der Waals surface area contributed by atoms with Crippen molar-refractivity contribution >= 4 is 29.1 Å². The Kier molecular flexibility index (Phi) is 4.85. The summed E-state index contributed by atoms with van der Waals surface area (Å²) >= 11 is 5.72. The maximum atomic E-state index is 13.9. The van der Waals surface area contributed by atoms with E-state index < -0.39 is 11.7 Å². The van der Waals surface area contributed by atoms with Crippen LogP contribution < -0.4 is 10.6 Å². The summed E-state index contributed by atoms with van der Waals surface area (Å²) in [5.41, 5.74) is 6.40. The van der Waals surface area contributed by atoms with Crippen molar-refractivity contribution in [1.29, 1.82) is 0 Å². The third-order valence-corrected chi connectivity index (χ3v) is 4.37. The number of aromatic nitrogens is 1. The van der Waals surface area contributed by atoms with Gasteiger partial charge in [-0.05, 0) is 24.3 Å². The summed E-state index contributed by atoms with van der Waals surface area (Å²) in [4.78, 5) is 31.5. The Balaban J connectivity index is 1.72. The predicted octanol–water partition coefficient (Wildman–Crippen LogP) is 1.94. The maximum Gasteiger partial charge on any atom is 0.256 e. The van der Waals surface area contributed by atoms with Gasteiger partial charge in [0.05, 0.1) is 16.8 Å². The predicted molar refractivity (Wildman–Crippen MR) is 92.3 cm³/mol. The summed E-state index contributed by atoms with van der Waals surface area (Å²) in [6.45, 7) is 1.82. The number of anilines is 1. The van der Waals surface area contributed by atoms with Crippen LogP contribution in [0.2, 0.25) is 5.02 Å². The molecule has 1 aromatic carbocycles. The molecule has 3 rings (SSSR count). The number of nitrogens with two attached hydrogens (primary N) is 1. The molecule has 0 unspecified atom stereocenters. The zero-order valence-corrected chi connectivity index (χ0v) is 14.0. The quantitative estimate of drug-likeness (QED) is 0.904. The second-order valence-corrected chi connectivity index (χ2v) is 6.10. The van der Waals surface area contributed by atoms with E-state index >= 15 is 0 Å². The molecule has 130 valence electrons. The molecule has 1 fully saturated rings. The van der Waals surface area contributed by atoms with E-state index in [-0.39, 0.29) is 16.5 Å². The molecule has 1 aliphatic heterocycles. The van der Waals surface area contributed by atoms with Crippen LogP contribution in [0.15, 0.2) is 36.7 Å². The van der Waals surface area contributed by atoms with Crippen LogP contribution in [-0.4, -0.2) is 47.9 Å². The lowest BCUT2D eigenvalue weighted by molar-refractivity contribution is 0.0741. The molecule has 2 N–H and O–H groups in total. The number of pyridine rings is 1. The Morgan fingerprint density at radius 1 is 1.12 bits per heavy atom. The highest BCUT2D eigenvalue weighted by atomic mass is 35.5. The first-order valence-electron chi connectivity index (χ1n) is 7.70. The second kappa shape index (κ2) is 7.06. The topological polar surface area (TPSA) is 79.5 Å². The molecule has 1 aliphatic rings. The molecule has 1 aromatic heterocycles. The van der Waals surface area contributed by atoms with Gasteiger partial charge < -0.3 is 15.5 Å². The van der Waals surface area contributed by atoms with Crippen LogP contribution in [0.1, 0.15) is 20.7 Å². The minimum Gasteiger partial charge on any atom is -0.367 e. The van der Waals surface area contributed by atoms with Crippen LogP contribution in [0.5, 0.6) is 0 Å². The van der Waals surface area contributed by atoms with E-state index in [4.69, 9.17) is 17.3 Å². The Morgan fingerprint density at radius 3 is 2.48 bits per heavy atom. The molecule has 0 spiro atoms. The molecule has 0 bridgehead atoms. The number of nitrogens with zero attached hydrogens (tertiary/aromatic N) is 3. The highest BCUT2D eigenvalue weighted by molar-refractivity contribution is 6.30. The van der Waals surface area contributed by atoms with Crippen molar-refractivity contribution in [1.82, 2.24) is 9.88 Å². The fourth-order valence-electron chi connectivity index (χ4n) is 2.84. The van der Waals surface area contributed by atoms with Crippen LogP contribution in [0.4, 0.5) is 10.1 Å². The third kappa shape index (κ3) is 3.56. The third-order valence-electron chi connectivity index (χ3n) is 4.13. The van der Waals surface area contributed by atoms with Crippen molar-refractivity contribution in [2.75, 3.05) is 31.1 Å². The fraction of sp³-hybridized carbons (Fsp3) is 0.235. The van der Waals surface area contributed by atoms with E-state index in [1.165, 1.54) is 18.3 Å². The highest BCUT2D eigenvalue weighted by Crippen LogP contribution is 2.22. The first kappa shape index (κ1) is 17.2. The van der Waals surface area contributed by atoms with Gasteiger partial charge in [0, 0.05) is 43.6 Å². The van der Waals surface area contributed by atoms with E-state index in [1.807, 2.05) is 4.90 Å². The molecular formula is C17H16ClFN4O2. The number of benzene rings is 1. The fourth-order valence-corrected chi connectivity index (χ4v) is 3.00. The van der Waals surface area contributed by atoms with Crippen molar-refractivity contribution in [3.05, 3.63) is 58.6 Å². The van der Waals surface area contributed by atoms with Crippen molar-refractivity contribution in [2.45, 2.75) is 0 Å². The van der Waals surface area contributed by atoms with Gasteiger partial charge in [0.15, 0.2) is 0 Å². The molecular weight excluding hydrogens is 347 g/mol. The van der Waals surface area contributed by atoms with Crippen molar-refractivity contribution in [3.8, 4) is 0 Å². The van der Waals surface area contributed by atoms with Crippen LogP contribution in [0.25, 0.3) is 0 Å². The number of primary amides is 1. The number of carbonyl (C=O) groups is 2. The highest BCUT2D eigenvalue weighted by Gasteiger charge is 2.25. The smallest absolute Gasteiger partial charge is 0.256 e. The lowest BCUT2D eigenvalue weighted by Gasteiger charge is -2.36. The van der Waals surface area contributed by atoms with Gasteiger partial charge >= 0.3 is 0 Å². The van der Waals surface area contributed by atoms with Crippen molar-refractivity contribution < 1.29 is 14.0 Å². The lowest BCUT2D eigenvalue weighted by atomic mass is 10.1. The number of carbonyl (C=O) groups excluding carboxylic acids is 2. The minimum atomic E-state index is -0.634. The number of hydrogen-bond acceptors (Lipinski definition) is 4. The molecule has 0 aliphatic carbocycles. The molecule has 0 saturated carbocycles. The van der Waals surface area contributed by atoms with Gasteiger partial charge in [-0.1, -0.05) is 11.6 Å². The molecule has 0 radical (unpaired) electrons. The van der Waals surface area contributed by atoms with Crippen molar-refractivity contribution in [2.24, 2.45) is 5.73 Å². The zero-order chi connectivity index (χ0) is 18.0. The largest absolute Gasteiger partial charge is 0.367 e. The number of piperazine rings is 1. The Morgan fingerprint density at radius 2 is 1.84 bits per heavy atom. The summed E-state index contributed by atoms with van der Waals surface area (Å²) in [5.74, 6) is -1.56. The van der Waals surface area contributed by atoms with Gasteiger partial charge in [-0.15, -0.1) is 0 Å². The molecule has 2 amide bonds. The lowest BCUT2D eigenvalue weighted by Crippen LogP contribution is -2.49. The summed E-state index contributed by atoms with van der Waals surface area (Å²) in [7, 11) is 0. The van der Waals surface area contributed by atoms with Crippen LogP contribution in [0, 0.1) is 5.82 Å². The van der Waals surface area contributed by atoms with Gasteiger partial charge in [0.2, 0.25) is 0 Å². The number of halogens is 2. The number of rotatable bonds is 3. The monoisotopic (exact) mass is 362 g/mol. The van der Waals surface area contributed by atoms with Gasteiger partial charge in [0.1, 0.15) is 5.82 Å². The zero-order valence-electron chi connectivity index (χ0n) is 13.3. The number of hydrogen-bond donors (Lipinski definition) is 1. The van der Waals surface area contributed by atoms with Crippen LogP contribution >= 0.6 is 11.6 Å². The molecule has 2 heterocycles. The SMILES string of the molecule is NC(=O)c1cnccc1N1CCN(C(=O)c2ccc(Cl)cc2F)CC1. The van der Waals surface area contributed by atoms with Gasteiger partial charge in [-0.2, -0.15) is 0 Å². The van der Waals surface area contributed by atoms with E-state index in [9.17, 15) is 14.0 Å². The maximum absolute atomic E-state index is 13.9. The van der Waals surface area contributed by atoms with Gasteiger partial charge in [-0.25, -0.2) is 4.39 Å². The summed E-state index contributed by atoms with van der Waals surface area (Å²) in [6.07, 6.45) is 3.01. The normalized spacial score (nSPS) is 14.5. The summed E-state index contributed by atoms with van der Waals surface area (Å²) in [6, 6.07) is 5.72. The average molecular weight is 363 g/mol. The number of amides is 2. The summed E-state index contributed by atoms with van der Waals surface area (Å²) < 4.78 is 13.9. The van der Waals surface area contributed by atoms with E-state index in [0.717, 1.165) is 6.07 Å². The second-order valence-electron chi connectivity index (χ2n) is 5.66. The standard InChI is InChI=1S/C17H16ClFN4O2/c18-11-1-2-12(14(19)9-11)17(25)23-7-5-22(6-8-23)15-3-4-21-10-13(15)16(20)24/h1-4,9-10H,5-8H2,(H2,20,24). The Bertz CT molecular complexity index is 822. The van der Waals surface area contributed by atoms with E-state index in [0.29, 0.717) is 37.4 Å². The molecule has 8 heteroatoms. The van der Waals surface area contributed by atoms with Gasteiger partial charge in [-0.3, -0.25) is 14.6 Å². The van der Waals surface area contributed by atoms with E-state index in [2.05, 4.69) is 4.98 Å². The first-order valence-corrected chi connectivity index (χ1v) is 8.08. The Hall–Kier alpha value is -2.67. The van der Waals surface area contributed by atoms with Crippen LogP contribution in [0.3, 0.4) is 0 Å². The molecule has 0 atom stereocenters. The molecule has 1 saturated heterocycles. The first-order chi connectivity index (χ1) is 12.0. The van der Waals surface area contributed by atoms with Crippen LogP contribution in [-0.2, 0) is 0 Å².